The number of thioether (sulfide) groups is 1. The molecule has 0 aromatic heterocycles. The highest BCUT2D eigenvalue weighted by atomic mass is 32.2. The van der Waals surface area contributed by atoms with Crippen LogP contribution in [0.5, 0.6) is 0 Å². The SMILES string of the molecule is CSCCC(C)N(C)CCCCCCNC1CC1. The predicted octanol–water partition coefficient (Wildman–Crippen LogP) is 3.37. The molecule has 0 bridgehead atoms. The summed E-state index contributed by atoms with van der Waals surface area (Å²) in [7, 11) is 2.28. The van der Waals surface area contributed by atoms with E-state index in [0.29, 0.717) is 0 Å². The van der Waals surface area contributed by atoms with Crippen LogP contribution in [0.1, 0.15) is 51.9 Å². The summed E-state index contributed by atoms with van der Waals surface area (Å²) in [4.78, 5) is 2.53. The molecule has 1 N–H and O–H groups in total. The minimum Gasteiger partial charge on any atom is -0.314 e. The molecule has 1 aliphatic carbocycles. The molecule has 0 radical (unpaired) electrons. The molecule has 0 aromatic carbocycles. The Morgan fingerprint density at radius 2 is 1.94 bits per heavy atom. The van der Waals surface area contributed by atoms with Crippen molar-refractivity contribution in [3.8, 4) is 0 Å². The lowest BCUT2D eigenvalue weighted by atomic mass is 10.1. The highest BCUT2D eigenvalue weighted by molar-refractivity contribution is 7.98. The maximum atomic E-state index is 3.58. The van der Waals surface area contributed by atoms with Crippen molar-refractivity contribution in [1.29, 1.82) is 0 Å². The van der Waals surface area contributed by atoms with E-state index in [1.54, 1.807) is 0 Å². The van der Waals surface area contributed by atoms with Gasteiger partial charge in [0.05, 0.1) is 0 Å². The van der Waals surface area contributed by atoms with Crippen LogP contribution in [-0.2, 0) is 0 Å². The molecule has 1 unspecified atom stereocenters. The summed E-state index contributed by atoms with van der Waals surface area (Å²) in [6, 6.07) is 1.63. The molecule has 18 heavy (non-hydrogen) atoms. The van der Waals surface area contributed by atoms with Crippen molar-refractivity contribution in [2.24, 2.45) is 0 Å². The highest BCUT2D eigenvalue weighted by Crippen LogP contribution is 2.18. The van der Waals surface area contributed by atoms with Gasteiger partial charge in [-0.1, -0.05) is 12.8 Å². The molecule has 0 saturated heterocycles. The third-order valence-corrected chi connectivity index (χ3v) is 4.58. The van der Waals surface area contributed by atoms with Gasteiger partial charge >= 0.3 is 0 Å². The molecule has 0 heterocycles. The molecular formula is C15H32N2S. The third-order valence-electron chi connectivity index (χ3n) is 3.94. The van der Waals surface area contributed by atoms with Crippen molar-refractivity contribution < 1.29 is 0 Å². The standard InChI is InChI=1S/C15H32N2S/c1-14(10-13-18-3)17(2)12-7-5-4-6-11-16-15-8-9-15/h14-16H,4-13H2,1-3H3. The van der Waals surface area contributed by atoms with Gasteiger partial charge in [0.2, 0.25) is 0 Å². The maximum absolute atomic E-state index is 3.58. The molecule has 1 fully saturated rings. The molecular weight excluding hydrogens is 240 g/mol. The van der Waals surface area contributed by atoms with Gasteiger partial charge in [-0.2, -0.15) is 11.8 Å². The minimum atomic E-state index is 0.744. The van der Waals surface area contributed by atoms with E-state index in [1.807, 2.05) is 11.8 Å². The van der Waals surface area contributed by atoms with Gasteiger partial charge in [-0.3, -0.25) is 0 Å². The summed E-state index contributed by atoms with van der Waals surface area (Å²) in [6.45, 7) is 4.87. The lowest BCUT2D eigenvalue weighted by molar-refractivity contribution is 0.247. The van der Waals surface area contributed by atoms with E-state index >= 15 is 0 Å². The Kier molecular flexibility index (Phi) is 9.16. The van der Waals surface area contributed by atoms with E-state index in [1.165, 1.54) is 63.8 Å². The zero-order valence-electron chi connectivity index (χ0n) is 12.6. The van der Waals surface area contributed by atoms with Crippen LogP contribution in [0, 0.1) is 0 Å². The second kappa shape index (κ2) is 10.1. The van der Waals surface area contributed by atoms with Crippen LogP contribution >= 0.6 is 11.8 Å². The van der Waals surface area contributed by atoms with E-state index in [-0.39, 0.29) is 0 Å². The van der Waals surface area contributed by atoms with Gasteiger partial charge in [0.15, 0.2) is 0 Å². The summed E-state index contributed by atoms with van der Waals surface area (Å²) in [5, 5.41) is 3.58. The maximum Gasteiger partial charge on any atom is 0.00717 e. The Labute approximate surface area is 118 Å². The van der Waals surface area contributed by atoms with Crippen LogP contribution < -0.4 is 5.32 Å². The molecule has 0 amide bonds. The van der Waals surface area contributed by atoms with E-state index in [2.05, 4.69) is 30.4 Å². The fourth-order valence-corrected chi connectivity index (χ4v) is 2.74. The lowest BCUT2D eigenvalue weighted by Crippen LogP contribution is -2.30. The van der Waals surface area contributed by atoms with Crippen molar-refractivity contribution >= 4 is 11.8 Å². The van der Waals surface area contributed by atoms with Gasteiger partial charge < -0.3 is 10.2 Å². The molecule has 1 rings (SSSR count). The van der Waals surface area contributed by atoms with Crippen LogP contribution in [0.25, 0.3) is 0 Å². The zero-order chi connectivity index (χ0) is 13.2. The topological polar surface area (TPSA) is 15.3 Å². The third kappa shape index (κ3) is 8.39. The fourth-order valence-electron chi connectivity index (χ4n) is 2.16. The van der Waals surface area contributed by atoms with E-state index in [0.717, 1.165) is 12.1 Å². The van der Waals surface area contributed by atoms with Gasteiger partial charge in [-0.05, 0) is 71.2 Å². The Morgan fingerprint density at radius 3 is 2.61 bits per heavy atom. The second-order valence-electron chi connectivity index (χ2n) is 5.75. The first-order chi connectivity index (χ1) is 8.74. The first-order valence-electron chi connectivity index (χ1n) is 7.66. The van der Waals surface area contributed by atoms with Crippen LogP contribution in [0.2, 0.25) is 0 Å². The van der Waals surface area contributed by atoms with Crippen LogP contribution in [0.3, 0.4) is 0 Å². The monoisotopic (exact) mass is 272 g/mol. The van der Waals surface area contributed by atoms with Crippen molar-refractivity contribution in [3.05, 3.63) is 0 Å². The van der Waals surface area contributed by atoms with Crippen LogP contribution in [0.4, 0.5) is 0 Å². The quantitative estimate of drug-likeness (QED) is 0.548. The minimum absolute atomic E-state index is 0.744. The smallest absolute Gasteiger partial charge is 0.00717 e. The largest absolute Gasteiger partial charge is 0.314 e. The second-order valence-corrected chi connectivity index (χ2v) is 6.74. The molecule has 2 nitrogen and oxygen atoms in total. The molecule has 0 aromatic rings. The number of hydrogen-bond donors (Lipinski definition) is 1. The normalized spacial score (nSPS) is 17.3. The summed E-state index contributed by atoms with van der Waals surface area (Å²) >= 11 is 1.96. The highest BCUT2D eigenvalue weighted by Gasteiger charge is 2.19. The van der Waals surface area contributed by atoms with Crippen molar-refractivity contribution in [3.63, 3.8) is 0 Å². The number of hydrogen-bond acceptors (Lipinski definition) is 3. The van der Waals surface area contributed by atoms with E-state index in [4.69, 9.17) is 0 Å². The Morgan fingerprint density at radius 1 is 1.22 bits per heavy atom. The average Bonchev–Trinajstić information content (AvgIpc) is 3.18. The zero-order valence-corrected chi connectivity index (χ0v) is 13.4. The number of unbranched alkanes of at least 4 members (excludes halogenated alkanes) is 3. The van der Waals surface area contributed by atoms with Crippen molar-refractivity contribution in [1.82, 2.24) is 10.2 Å². The number of nitrogens with one attached hydrogen (secondary N) is 1. The van der Waals surface area contributed by atoms with Gasteiger partial charge in [0.25, 0.3) is 0 Å². The summed E-state index contributed by atoms with van der Waals surface area (Å²) in [5.41, 5.74) is 0. The molecule has 3 heteroatoms. The van der Waals surface area contributed by atoms with Crippen molar-refractivity contribution in [2.45, 2.75) is 64.0 Å². The molecule has 1 aliphatic rings. The molecule has 0 aliphatic heterocycles. The average molecular weight is 273 g/mol. The molecule has 1 atom stereocenters. The molecule has 108 valence electrons. The van der Waals surface area contributed by atoms with Crippen LogP contribution in [0.15, 0.2) is 0 Å². The Hall–Kier alpha value is 0.270. The van der Waals surface area contributed by atoms with E-state index < -0.39 is 0 Å². The fraction of sp³-hybridized carbons (Fsp3) is 1.00. The van der Waals surface area contributed by atoms with Gasteiger partial charge in [0.1, 0.15) is 0 Å². The van der Waals surface area contributed by atoms with Gasteiger partial charge in [-0.15, -0.1) is 0 Å². The van der Waals surface area contributed by atoms with E-state index in [9.17, 15) is 0 Å². The lowest BCUT2D eigenvalue weighted by Gasteiger charge is -2.24. The van der Waals surface area contributed by atoms with Crippen molar-refractivity contribution in [2.75, 3.05) is 32.1 Å². The Balaban J connectivity index is 1.83. The number of rotatable bonds is 12. The Bertz CT molecular complexity index is 195. The predicted molar refractivity (Wildman–Crippen MR) is 84.6 cm³/mol. The first kappa shape index (κ1) is 16.3. The first-order valence-corrected chi connectivity index (χ1v) is 9.06. The van der Waals surface area contributed by atoms with Gasteiger partial charge in [-0.25, -0.2) is 0 Å². The number of nitrogens with zero attached hydrogens (tertiary/aromatic N) is 1. The van der Waals surface area contributed by atoms with Crippen LogP contribution in [-0.4, -0.2) is 49.1 Å². The summed E-state index contributed by atoms with van der Waals surface area (Å²) in [6.07, 6.45) is 11.9. The summed E-state index contributed by atoms with van der Waals surface area (Å²) < 4.78 is 0. The molecule has 0 spiro atoms. The molecule has 1 saturated carbocycles. The van der Waals surface area contributed by atoms with Gasteiger partial charge in [0, 0.05) is 12.1 Å². The summed E-state index contributed by atoms with van der Waals surface area (Å²) in [5.74, 6) is 1.29.